The highest BCUT2D eigenvalue weighted by Gasteiger charge is 2.30. The van der Waals surface area contributed by atoms with E-state index >= 15 is 0 Å². The van der Waals surface area contributed by atoms with Crippen molar-refractivity contribution in [2.24, 2.45) is 0 Å². The first kappa shape index (κ1) is 18.9. The maximum atomic E-state index is 12.4. The van der Waals surface area contributed by atoms with Gasteiger partial charge in [0.15, 0.2) is 0 Å². The van der Waals surface area contributed by atoms with Crippen molar-refractivity contribution in [3.63, 3.8) is 0 Å². The van der Waals surface area contributed by atoms with Crippen molar-refractivity contribution in [2.75, 3.05) is 16.5 Å². The highest BCUT2D eigenvalue weighted by molar-refractivity contribution is 7.98. The summed E-state index contributed by atoms with van der Waals surface area (Å²) in [5.41, 5.74) is 1.54. The van der Waals surface area contributed by atoms with Crippen LogP contribution in [0.15, 0.2) is 57.8 Å². The van der Waals surface area contributed by atoms with Crippen molar-refractivity contribution in [3.05, 3.63) is 54.1 Å². The van der Waals surface area contributed by atoms with E-state index in [1.54, 1.807) is 23.9 Å². The number of benzene rings is 2. The Kier molecular flexibility index (Phi) is 5.13. The highest BCUT2D eigenvalue weighted by Crippen LogP contribution is 2.25. The normalized spacial score (nSPS) is 13.8. The van der Waals surface area contributed by atoms with Crippen LogP contribution in [0.5, 0.6) is 0 Å². The van der Waals surface area contributed by atoms with Crippen molar-refractivity contribution < 1.29 is 18.8 Å². The Bertz CT molecular complexity index is 1080. The van der Waals surface area contributed by atoms with Crippen molar-refractivity contribution in [3.8, 4) is 11.5 Å². The summed E-state index contributed by atoms with van der Waals surface area (Å²) in [6.07, 6.45) is 2.39. The Morgan fingerprint density at radius 3 is 2.48 bits per heavy atom. The van der Waals surface area contributed by atoms with Crippen molar-refractivity contribution in [2.45, 2.75) is 17.7 Å². The van der Waals surface area contributed by atoms with E-state index in [1.165, 1.54) is 12.1 Å². The van der Waals surface area contributed by atoms with E-state index in [2.05, 4.69) is 15.5 Å². The lowest BCUT2D eigenvalue weighted by Crippen LogP contribution is -2.28. The number of rotatable bonds is 5. The monoisotopic (exact) mass is 408 g/mol. The van der Waals surface area contributed by atoms with E-state index in [-0.39, 0.29) is 30.7 Å². The SMILES string of the molecule is CSc1cccc(-c2nnc(NC(=O)c3ccc(N4C(=O)CCC4=O)cc3)o2)c1. The minimum absolute atomic E-state index is 0.0199. The Hall–Kier alpha value is -3.46. The van der Waals surface area contributed by atoms with Crippen molar-refractivity contribution in [1.82, 2.24) is 10.2 Å². The molecule has 0 atom stereocenters. The fourth-order valence-electron chi connectivity index (χ4n) is 2.94. The molecule has 2 heterocycles. The van der Waals surface area contributed by atoms with Gasteiger partial charge in [-0.05, 0) is 48.7 Å². The second-order valence-electron chi connectivity index (χ2n) is 6.27. The molecule has 0 spiro atoms. The average Bonchev–Trinajstić information content (AvgIpc) is 3.34. The maximum absolute atomic E-state index is 12.4. The molecule has 0 bridgehead atoms. The fourth-order valence-corrected chi connectivity index (χ4v) is 3.40. The van der Waals surface area contributed by atoms with E-state index in [1.807, 2.05) is 30.5 Å². The minimum Gasteiger partial charge on any atom is -0.403 e. The van der Waals surface area contributed by atoms with Gasteiger partial charge in [0.2, 0.25) is 17.7 Å². The molecule has 1 saturated heterocycles. The van der Waals surface area contributed by atoms with Gasteiger partial charge in [0, 0.05) is 28.9 Å². The van der Waals surface area contributed by atoms with Crippen LogP contribution in [0.2, 0.25) is 0 Å². The number of anilines is 2. The first-order valence-electron chi connectivity index (χ1n) is 8.80. The van der Waals surface area contributed by atoms with Gasteiger partial charge in [-0.2, -0.15) is 0 Å². The molecule has 8 nitrogen and oxygen atoms in total. The van der Waals surface area contributed by atoms with E-state index in [4.69, 9.17) is 4.42 Å². The summed E-state index contributed by atoms with van der Waals surface area (Å²) in [6.45, 7) is 0. The topological polar surface area (TPSA) is 105 Å². The standard InChI is InChI=1S/C20H16N4O4S/c1-29-15-4-2-3-13(11-15)19-22-23-20(28-19)21-18(27)12-5-7-14(8-6-12)24-16(25)9-10-17(24)26/h2-8,11H,9-10H2,1H3,(H,21,23,27). The Balaban J connectivity index is 1.46. The number of nitrogens with one attached hydrogen (secondary N) is 1. The van der Waals surface area contributed by atoms with E-state index < -0.39 is 5.91 Å². The molecule has 0 aliphatic carbocycles. The predicted molar refractivity (Wildman–Crippen MR) is 108 cm³/mol. The van der Waals surface area contributed by atoms with Crippen LogP contribution < -0.4 is 10.2 Å². The van der Waals surface area contributed by atoms with Gasteiger partial charge in [0.1, 0.15) is 0 Å². The molecule has 29 heavy (non-hydrogen) atoms. The van der Waals surface area contributed by atoms with E-state index in [9.17, 15) is 14.4 Å². The minimum atomic E-state index is -0.441. The van der Waals surface area contributed by atoms with Crippen LogP contribution in [0.4, 0.5) is 11.7 Å². The summed E-state index contributed by atoms with van der Waals surface area (Å²) >= 11 is 1.60. The number of hydrogen-bond donors (Lipinski definition) is 1. The number of imide groups is 1. The van der Waals surface area contributed by atoms with Gasteiger partial charge >= 0.3 is 6.01 Å². The molecule has 1 aromatic heterocycles. The summed E-state index contributed by atoms with van der Waals surface area (Å²) in [5, 5.41) is 10.4. The summed E-state index contributed by atoms with van der Waals surface area (Å²) in [5.74, 6) is -0.617. The lowest BCUT2D eigenvalue weighted by molar-refractivity contribution is -0.121. The van der Waals surface area contributed by atoms with Crippen LogP contribution in [0.25, 0.3) is 11.5 Å². The third-order valence-corrected chi connectivity index (χ3v) is 5.13. The number of nitrogens with zero attached hydrogens (tertiary/aromatic N) is 3. The van der Waals surface area contributed by atoms with Crippen LogP contribution in [-0.4, -0.2) is 34.2 Å². The third-order valence-electron chi connectivity index (χ3n) is 4.40. The number of amides is 3. The molecule has 3 amide bonds. The number of hydrogen-bond acceptors (Lipinski definition) is 7. The third kappa shape index (κ3) is 3.90. The molecule has 1 aliphatic heterocycles. The zero-order chi connectivity index (χ0) is 20.4. The molecular formula is C20H16N4O4S. The number of carbonyl (C=O) groups excluding carboxylic acids is 3. The molecule has 146 valence electrons. The molecular weight excluding hydrogens is 392 g/mol. The second kappa shape index (κ2) is 7.88. The molecule has 0 saturated carbocycles. The van der Waals surface area contributed by atoms with Crippen molar-refractivity contribution in [1.29, 1.82) is 0 Å². The van der Waals surface area contributed by atoms with Crippen molar-refractivity contribution >= 4 is 41.2 Å². The molecule has 0 radical (unpaired) electrons. The smallest absolute Gasteiger partial charge is 0.322 e. The molecule has 1 fully saturated rings. The average molecular weight is 408 g/mol. The second-order valence-corrected chi connectivity index (χ2v) is 7.15. The molecule has 1 aliphatic rings. The molecule has 1 N–H and O–H groups in total. The molecule has 4 rings (SSSR count). The van der Waals surface area contributed by atoms with E-state index in [0.717, 1.165) is 15.4 Å². The van der Waals surface area contributed by atoms with Gasteiger partial charge in [-0.15, -0.1) is 16.9 Å². The number of carbonyl (C=O) groups is 3. The summed E-state index contributed by atoms with van der Waals surface area (Å²) in [4.78, 5) is 38.2. The molecule has 2 aromatic carbocycles. The Morgan fingerprint density at radius 2 is 1.79 bits per heavy atom. The van der Waals surface area contributed by atoms with Crippen LogP contribution in [0.3, 0.4) is 0 Å². The summed E-state index contributed by atoms with van der Waals surface area (Å²) < 4.78 is 5.53. The van der Waals surface area contributed by atoms with Gasteiger partial charge in [0.25, 0.3) is 5.91 Å². The van der Waals surface area contributed by atoms with Gasteiger partial charge in [-0.1, -0.05) is 11.2 Å². The van der Waals surface area contributed by atoms with Gasteiger partial charge < -0.3 is 4.42 Å². The Morgan fingerprint density at radius 1 is 1.07 bits per heavy atom. The fraction of sp³-hybridized carbons (Fsp3) is 0.150. The van der Waals surface area contributed by atoms with Gasteiger partial charge in [-0.3, -0.25) is 24.6 Å². The molecule has 0 unspecified atom stereocenters. The van der Waals surface area contributed by atoms with Crippen LogP contribution in [0, 0.1) is 0 Å². The van der Waals surface area contributed by atoms with E-state index in [0.29, 0.717) is 17.1 Å². The Labute approximate surface area is 170 Å². The lowest BCUT2D eigenvalue weighted by Gasteiger charge is -2.13. The lowest BCUT2D eigenvalue weighted by atomic mass is 10.2. The molecule has 3 aromatic rings. The van der Waals surface area contributed by atoms with Crippen LogP contribution in [-0.2, 0) is 9.59 Å². The van der Waals surface area contributed by atoms with Gasteiger partial charge in [0.05, 0.1) is 5.69 Å². The predicted octanol–water partition coefficient (Wildman–Crippen LogP) is 3.36. The van der Waals surface area contributed by atoms with Gasteiger partial charge in [-0.25, -0.2) is 0 Å². The number of thioether (sulfide) groups is 1. The number of aromatic nitrogens is 2. The highest BCUT2D eigenvalue weighted by atomic mass is 32.2. The van der Waals surface area contributed by atoms with Crippen LogP contribution in [0.1, 0.15) is 23.2 Å². The first-order valence-corrected chi connectivity index (χ1v) is 10.0. The maximum Gasteiger partial charge on any atom is 0.322 e. The first-order chi connectivity index (χ1) is 14.0. The zero-order valence-corrected chi connectivity index (χ0v) is 16.2. The van der Waals surface area contributed by atoms with Crippen LogP contribution >= 0.6 is 11.8 Å². The summed E-state index contributed by atoms with van der Waals surface area (Å²) in [7, 11) is 0. The summed E-state index contributed by atoms with van der Waals surface area (Å²) in [6, 6.07) is 13.8. The zero-order valence-electron chi connectivity index (χ0n) is 15.4. The quantitative estimate of drug-likeness (QED) is 0.510. The largest absolute Gasteiger partial charge is 0.403 e. The molecule has 9 heteroatoms.